The van der Waals surface area contributed by atoms with Crippen molar-refractivity contribution in [3.05, 3.63) is 84.6 Å². The number of aromatic nitrogens is 2. The van der Waals surface area contributed by atoms with Crippen LogP contribution in [-0.2, 0) is 0 Å². The topological polar surface area (TPSA) is 25.8 Å². The molecule has 4 aromatic carbocycles. The Morgan fingerprint density at radius 3 is 2.12 bits per heavy atom. The highest BCUT2D eigenvalue weighted by atomic mass is 14.9. The molecule has 1 aromatic heterocycles. The van der Waals surface area contributed by atoms with Crippen molar-refractivity contribution >= 4 is 32.4 Å². The molecule has 5 rings (SSSR count). The molecule has 0 aliphatic heterocycles. The van der Waals surface area contributed by atoms with Crippen LogP contribution in [0.15, 0.2) is 78.9 Å². The standard InChI is InChI=1S/C23H16N2/c1-15-21-13-17-8-2-3-9-18(17)14-22(21)25-23(24-15)20-12-6-10-16-7-4-5-11-19(16)20/h2-14H,1H3. The van der Waals surface area contributed by atoms with Crippen LogP contribution in [0.5, 0.6) is 0 Å². The van der Waals surface area contributed by atoms with Crippen LogP contribution in [0.3, 0.4) is 0 Å². The molecule has 0 aliphatic rings. The van der Waals surface area contributed by atoms with Gasteiger partial charge in [-0.1, -0.05) is 66.7 Å². The van der Waals surface area contributed by atoms with Crippen molar-refractivity contribution in [2.24, 2.45) is 0 Å². The maximum absolute atomic E-state index is 4.90. The van der Waals surface area contributed by atoms with E-state index >= 15 is 0 Å². The highest BCUT2D eigenvalue weighted by Crippen LogP contribution is 2.29. The minimum atomic E-state index is 0.789. The molecule has 0 saturated carbocycles. The van der Waals surface area contributed by atoms with Crippen molar-refractivity contribution in [1.82, 2.24) is 9.97 Å². The predicted octanol–water partition coefficient (Wildman–Crippen LogP) is 5.91. The summed E-state index contributed by atoms with van der Waals surface area (Å²) in [5.74, 6) is 0.789. The second kappa shape index (κ2) is 5.38. The largest absolute Gasteiger partial charge is 0.233 e. The van der Waals surface area contributed by atoms with Gasteiger partial charge in [0.05, 0.1) is 5.52 Å². The molecule has 2 heteroatoms. The molecule has 2 nitrogen and oxygen atoms in total. The zero-order valence-electron chi connectivity index (χ0n) is 13.9. The van der Waals surface area contributed by atoms with Crippen LogP contribution in [0.25, 0.3) is 43.8 Å². The van der Waals surface area contributed by atoms with Crippen LogP contribution in [0.1, 0.15) is 5.69 Å². The summed E-state index contributed by atoms with van der Waals surface area (Å²) in [5.41, 5.74) is 3.09. The predicted molar refractivity (Wildman–Crippen MR) is 105 cm³/mol. The third-order valence-corrected chi connectivity index (χ3v) is 4.78. The van der Waals surface area contributed by atoms with E-state index in [1.165, 1.54) is 21.5 Å². The zero-order valence-corrected chi connectivity index (χ0v) is 13.9. The van der Waals surface area contributed by atoms with Crippen molar-refractivity contribution in [1.29, 1.82) is 0 Å². The van der Waals surface area contributed by atoms with Gasteiger partial charge in [-0.05, 0) is 40.6 Å². The van der Waals surface area contributed by atoms with Crippen molar-refractivity contribution in [2.45, 2.75) is 6.92 Å². The van der Waals surface area contributed by atoms with E-state index < -0.39 is 0 Å². The number of fused-ring (bicyclic) bond motifs is 3. The Labute approximate surface area is 145 Å². The molecule has 0 spiro atoms. The van der Waals surface area contributed by atoms with Crippen LogP contribution in [0, 0.1) is 6.92 Å². The van der Waals surface area contributed by atoms with Gasteiger partial charge in [0.2, 0.25) is 0 Å². The highest BCUT2D eigenvalue weighted by molar-refractivity contribution is 5.99. The van der Waals surface area contributed by atoms with E-state index in [2.05, 4.69) is 85.8 Å². The number of benzene rings is 4. The highest BCUT2D eigenvalue weighted by Gasteiger charge is 2.10. The fourth-order valence-electron chi connectivity index (χ4n) is 3.51. The third-order valence-electron chi connectivity index (χ3n) is 4.78. The maximum atomic E-state index is 4.90. The van der Waals surface area contributed by atoms with Gasteiger partial charge in [-0.25, -0.2) is 9.97 Å². The van der Waals surface area contributed by atoms with Gasteiger partial charge in [0.1, 0.15) is 0 Å². The van der Waals surface area contributed by atoms with E-state index in [1.54, 1.807) is 0 Å². The van der Waals surface area contributed by atoms with Gasteiger partial charge in [0, 0.05) is 16.6 Å². The van der Waals surface area contributed by atoms with Gasteiger partial charge in [0.15, 0.2) is 5.82 Å². The van der Waals surface area contributed by atoms with E-state index in [1.807, 2.05) is 0 Å². The van der Waals surface area contributed by atoms with Crippen LogP contribution in [-0.4, -0.2) is 9.97 Å². The first-order valence-corrected chi connectivity index (χ1v) is 8.45. The molecule has 0 bridgehead atoms. The van der Waals surface area contributed by atoms with Crippen LogP contribution >= 0.6 is 0 Å². The lowest BCUT2D eigenvalue weighted by molar-refractivity contribution is 1.16. The summed E-state index contributed by atoms with van der Waals surface area (Å²) >= 11 is 0. The van der Waals surface area contributed by atoms with Gasteiger partial charge in [-0.15, -0.1) is 0 Å². The molecule has 0 saturated heterocycles. The number of nitrogens with zero attached hydrogens (tertiary/aromatic N) is 2. The fourth-order valence-corrected chi connectivity index (χ4v) is 3.51. The average Bonchev–Trinajstić information content (AvgIpc) is 2.66. The maximum Gasteiger partial charge on any atom is 0.160 e. The Kier molecular flexibility index (Phi) is 3.04. The van der Waals surface area contributed by atoms with E-state index in [4.69, 9.17) is 9.97 Å². The van der Waals surface area contributed by atoms with Gasteiger partial charge < -0.3 is 0 Å². The molecule has 1 heterocycles. The summed E-state index contributed by atoms with van der Waals surface area (Å²) in [6, 6.07) is 27.4. The second-order valence-electron chi connectivity index (χ2n) is 6.38. The van der Waals surface area contributed by atoms with E-state index in [0.29, 0.717) is 0 Å². The first-order chi connectivity index (χ1) is 12.3. The molecule has 118 valence electrons. The number of hydrogen-bond acceptors (Lipinski definition) is 2. The summed E-state index contributed by atoms with van der Waals surface area (Å²) in [6.07, 6.45) is 0. The Morgan fingerprint density at radius 1 is 0.600 bits per heavy atom. The van der Waals surface area contributed by atoms with Gasteiger partial charge in [-0.2, -0.15) is 0 Å². The van der Waals surface area contributed by atoms with Crippen LogP contribution in [0.4, 0.5) is 0 Å². The first kappa shape index (κ1) is 14.1. The van der Waals surface area contributed by atoms with E-state index in [-0.39, 0.29) is 0 Å². The third kappa shape index (κ3) is 2.26. The molecule has 0 aliphatic carbocycles. The number of aryl methyl sites for hydroxylation is 1. The Bertz CT molecular complexity index is 1250. The molecule has 0 unspecified atom stereocenters. The summed E-state index contributed by atoms with van der Waals surface area (Å²) in [5, 5.41) is 5.93. The normalized spacial score (nSPS) is 11.4. The zero-order chi connectivity index (χ0) is 16.8. The van der Waals surface area contributed by atoms with Gasteiger partial charge in [0.25, 0.3) is 0 Å². The minimum Gasteiger partial charge on any atom is -0.233 e. The summed E-state index contributed by atoms with van der Waals surface area (Å²) in [7, 11) is 0. The molecular weight excluding hydrogens is 304 g/mol. The lowest BCUT2D eigenvalue weighted by Crippen LogP contribution is -1.95. The Morgan fingerprint density at radius 2 is 1.28 bits per heavy atom. The molecule has 25 heavy (non-hydrogen) atoms. The second-order valence-corrected chi connectivity index (χ2v) is 6.38. The molecule has 5 aromatic rings. The molecule has 0 radical (unpaired) electrons. The average molecular weight is 320 g/mol. The lowest BCUT2D eigenvalue weighted by atomic mass is 10.0. The van der Waals surface area contributed by atoms with Gasteiger partial charge in [-0.3, -0.25) is 0 Å². The molecule has 0 N–H and O–H groups in total. The summed E-state index contributed by atoms with van der Waals surface area (Å²) < 4.78 is 0. The molecular formula is C23H16N2. The lowest BCUT2D eigenvalue weighted by Gasteiger charge is -2.09. The van der Waals surface area contributed by atoms with Crippen LogP contribution < -0.4 is 0 Å². The summed E-state index contributed by atoms with van der Waals surface area (Å²) in [6.45, 7) is 2.06. The molecule has 0 amide bonds. The smallest absolute Gasteiger partial charge is 0.160 e. The van der Waals surface area contributed by atoms with Crippen molar-refractivity contribution in [3.8, 4) is 11.4 Å². The van der Waals surface area contributed by atoms with Crippen molar-refractivity contribution < 1.29 is 0 Å². The van der Waals surface area contributed by atoms with Gasteiger partial charge >= 0.3 is 0 Å². The number of hydrogen-bond donors (Lipinski definition) is 0. The Balaban J connectivity index is 1.83. The summed E-state index contributed by atoms with van der Waals surface area (Å²) in [4.78, 5) is 9.71. The quantitative estimate of drug-likeness (QED) is 0.359. The first-order valence-electron chi connectivity index (χ1n) is 8.45. The molecule has 0 fully saturated rings. The van der Waals surface area contributed by atoms with Crippen molar-refractivity contribution in [2.75, 3.05) is 0 Å². The number of rotatable bonds is 1. The van der Waals surface area contributed by atoms with Crippen molar-refractivity contribution in [3.63, 3.8) is 0 Å². The van der Waals surface area contributed by atoms with Crippen LogP contribution in [0.2, 0.25) is 0 Å². The molecule has 0 atom stereocenters. The SMILES string of the molecule is Cc1nc(-c2cccc3ccccc23)nc2cc3ccccc3cc12. The monoisotopic (exact) mass is 320 g/mol. The Hall–Kier alpha value is -3.26. The fraction of sp³-hybridized carbons (Fsp3) is 0.0435. The minimum absolute atomic E-state index is 0.789. The van der Waals surface area contributed by atoms with E-state index in [9.17, 15) is 0 Å². The van der Waals surface area contributed by atoms with E-state index in [0.717, 1.165) is 28.0 Å².